The molecule has 2 fully saturated rings. The highest BCUT2D eigenvalue weighted by molar-refractivity contribution is 5.97. The van der Waals surface area contributed by atoms with E-state index in [0.717, 1.165) is 32.4 Å². The number of amides is 4. The second kappa shape index (κ2) is 15.9. The zero-order chi connectivity index (χ0) is 29.8. The number of nitrogens with zero attached hydrogens (tertiary/aromatic N) is 1. The molecule has 2 aliphatic rings. The Labute approximate surface area is 240 Å². The molecule has 4 amide bonds. The quantitative estimate of drug-likeness (QED) is 0.238. The Balaban J connectivity index is 1.54. The van der Waals surface area contributed by atoms with Crippen molar-refractivity contribution in [2.75, 3.05) is 38.1 Å². The van der Waals surface area contributed by atoms with Crippen molar-refractivity contribution >= 4 is 35.5 Å². The highest BCUT2D eigenvalue weighted by atomic mass is 16.5. The smallest absolute Gasteiger partial charge is 0.411 e. The molecule has 0 radical (unpaired) electrons. The maximum Gasteiger partial charge on any atom is 0.411 e. The first-order chi connectivity index (χ1) is 19.6. The Bertz CT molecular complexity index is 1070. The van der Waals surface area contributed by atoms with E-state index in [0.29, 0.717) is 37.4 Å². The first-order valence-corrected chi connectivity index (χ1v) is 14.5. The minimum absolute atomic E-state index is 0.0398. The summed E-state index contributed by atoms with van der Waals surface area (Å²) in [7, 11) is 0. The van der Waals surface area contributed by atoms with Gasteiger partial charge in [0.15, 0.2) is 0 Å². The van der Waals surface area contributed by atoms with Crippen LogP contribution in [0.25, 0.3) is 0 Å². The molecule has 12 heteroatoms. The lowest BCUT2D eigenvalue weighted by atomic mass is 9.92. The number of anilines is 1. The van der Waals surface area contributed by atoms with Gasteiger partial charge in [0, 0.05) is 30.8 Å². The van der Waals surface area contributed by atoms with Crippen molar-refractivity contribution in [3.63, 3.8) is 0 Å². The summed E-state index contributed by atoms with van der Waals surface area (Å²) in [6, 6.07) is 6.09. The topological polar surface area (TPSA) is 166 Å². The summed E-state index contributed by atoms with van der Waals surface area (Å²) >= 11 is 0. The molecule has 0 saturated carbocycles. The van der Waals surface area contributed by atoms with Gasteiger partial charge >= 0.3 is 12.1 Å². The predicted octanol–water partition coefficient (Wildman–Crippen LogP) is 2.56. The summed E-state index contributed by atoms with van der Waals surface area (Å²) in [6.07, 6.45) is 2.34. The number of carboxylic acids is 1. The molecule has 2 heterocycles. The van der Waals surface area contributed by atoms with E-state index < -0.39 is 42.4 Å². The first-order valence-electron chi connectivity index (χ1n) is 14.5. The second-order valence-corrected chi connectivity index (χ2v) is 11.2. The second-order valence-electron chi connectivity index (χ2n) is 11.2. The molecular weight excluding hydrogens is 530 g/mol. The van der Waals surface area contributed by atoms with Crippen LogP contribution in [0.5, 0.6) is 0 Å². The van der Waals surface area contributed by atoms with E-state index in [1.54, 1.807) is 17.0 Å². The molecule has 0 aromatic heterocycles. The largest absolute Gasteiger partial charge is 0.481 e. The van der Waals surface area contributed by atoms with Crippen LogP contribution in [0.15, 0.2) is 24.3 Å². The first kappa shape index (κ1) is 31.9. The number of hydrogen-bond donors (Lipinski definition) is 5. The third-order valence-corrected chi connectivity index (χ3v) is 7.29. The van der Waals surface area contributed by atoms with Crippen molar-refractivity contribution in [1.29, 1.82) is 0 Å². The highest BCUT2D eigenvalue weighted by Crippen LogP contribution is 2.22. The summed E-state index contributed by atoms with van der Waals surface area (Å²) in [4.78, 5) is 64.1. The van der Waals surface area contributed by atoms with Gasteiger partial charge in [0.05, 0.1) is 18.9 Å². The molecule has 0 unspecified atom stereocenters. The average Bonchev–Trinajstić information content (AvgIpc) is 2.95. The van der Waals surface area contributed by atoms with Gasteiger partial charge in [0.25, 0.3) is 5.91 Å². The third kappa shape index (κ3) is 11.0. The zero-order valence-electron chi connectivity index (χ0n) is 23.9. The van der Waals surface area contributed by atoms with Gasteiger partial charge in [-0.2, -0.15) is 0 Å². The number of carbonyl (C=O) groups is 5. The fourth-order valence-corrected chi connectivity index (χ4v) is 5.05. The van der Waals surface area contributed by atoms with E-state index in [1.165, 1.54) is 12.1 Å². The molecule has 0 bridgehead atoms. The van der Waals surface area contributed by atoms with Crippen molar-refractivity contribution in [1.82, 2.24) is 20.9 Å². The van der Waals surface area contributed by atoms with E-state index in [-0.39, 0.29) is 30.5 Å². The minimum atomic E-state index is -1.20. The van der Waals surface area contributed by atoms with Crippen LogP contribution in [0, 0.1) is 17.8 Å². The molecule has 0 aliphatic carbocycles. The Kier molecular flexibility index (Phi) is 12.4. The van der Waals surface area contributed by atoms with Gasteiger partial charge < -0.3 is 30.7 Å². The lowest BCUT2D eigenvalue weighted by Crippen LogP contribution is -2.53. The van der Waals surface area contributed by atoms with Crippen LogP contribution in [0.3, 0.4) is 0 Å². The number of carboxylic acid groups (broad SMARTS) is 1. The van der Waals surface area contributed by atoms with E-state index in [4.69, 9.17) is 4.74 Å². The van der Waals surface area contributed by atoms with Crippen LogP contribution < -0.4 is 21.3 Å². The van der Waals surface area contributed by atoms with Crippen LogP contribution in [-0.4, -0.2) is 78.7 Å². The number of nitrogens with one attached hydrogen (secondary N) is 4. The van der Waals surface area contributed by atoms with Crippen LogP contribution in [-0.2, 0) is 19.1 Å². The molecule has 226 valence electrons. The Morgan fingerprint density at radius 1 is 1.10 bits per heavy atom. The lowest BCUT2D eigenvalue weighted by Gasteiger charge is -2.33. The Hall–Kier alpha value is -3.67. The number of aliphatic carboxylic acids is 1. The third-order valence-electron chi connectivity index (χ3n) is 7.29. The SMILES string of the molecule is CC(C)COC(=O)Nc1cccc(C(=O)N[C@@H](CC(=O)O)NC(=O)[C@@H]2CCCN(C(=O)CCC3CCNCC3)C2)c1. The van der Waals surface area contributed by atoms with Crippen molar-refractivity contribution in [2.45, 2.75) is 65.0 Å². The number of hydrogen-bond acceptors (Lipinski definition) is 7. The maximum absolute atomic E-state index is 13.1. The normalized spacial score (nSPS) is 18.3. The van der Waals surface area contributed by atoms with Gasteiger partial charge in [-0.15, -0.1) is 0 Å². The Morgan fingerprint density at radius 3 is 2.56 bits per heavy atom. The molecule has 2 saturated heterocycles. The molecule has 1 aromatic rings. The van der Waals surface area contributed by atoms with Crippen molar-refractivity contribution < 1.29 is 33.8 Å². The van der Waals surface area contributed by atoms with E-state index in [9.17, 15) is 29.1 Å². The van der Waals surface area contributed by atoms with E-state index >= 15 is 0 Å². The molecule has 3 rings (SSSR count). The highest BCUT2D eigenvalue weighted by Gasteiger charge is 2.30. The van der Waals surface area contributed by atoms with Gasteiger partial charge in [-0.3, -0.25) is 24.5 Å². The number of rotatable bonds is 12. The Morgan fingerprint density at radius 2 is 1.85 bits per heavy atom. The van der Waals surface area contributed by atoms with Crippen LogP contribution in [0.2, 0.25) is 0 Å². The molecule has 41 heavy (non-hydrogen) atoms. The molecule has 2 aliphatic heterocycles. The van der Waals surface area contributed by atoms with E-state index in [1.807, 2.05) is 13.8 Å². The van der Waals surface area contributed by atoms with Gasteiger partial charge in [0.2, 0.25) is 11.8 Å². The summed E-state index contributed by atoms with van der Waals surface area (Å²) in [5, 5.41) is 20.5. The van der Waals surface area contributed by atoms with Crippen molar-refractivity contribution in [3.8, 4) is 0 Å². The molecule has 2 atom stereocenters. The summed E-state index contributed by atoms with van der Waals surface area (Å²) in [6.45, 7) is 6.89. The number of piperidine rings is 2. The van der Waals surface area contributed by atoms with Gasteiger partial charge in [0.1, 0.15) is 6.17 Å². The van der Waals surface area contributed by atoms with Gasteiger partial charge in [-0.05, 0) is 75.2 Å². The predicted molar refractivity (Wildman–Crippen MR) is 152 cm³/mol. The number of likely N-dealkylation sites (tertiary alicyclic amines) is 1. The molecule has 5 N–H and O–H groups in total. The number of benzene rings is 1. The number of ether oxygens (including phenoxy) is 1. The standard InChI is InChI=1S/C29H43N5O7/c1-19(2)18-41-29(40)31-23-7-3-5-21(15-23)27(38)32-24(16-26(36)37)33-28(39)22-6-4-14-34(17-22)25(35)9-8-20-10-12-30-13-11-20/h3,5,7,15,19-20,22,24,30H,4,6,8-14,16-18H2,1-2H3,(H,31,40)(H,32,38)(H,33,39)(H,36,37)/t22-,24-/m1/s1. The number of carbonyl (C=O) groups excluding carboxylic acids is 4. The fourth-order valence-electron chi connectivity index (χ4n) is 5.05. The molecule has 0 spiro atoms. The monoisotopic (exact) mass is 573 g/mol. The van der Waals surface area contributed by atoms with Gasteiger partial charge in [-0.1, -0.05) is 19.9 Å². The minimum Gasteiger partial charge on any atom is -0.481 e. The molecule has 1 aromatic carbocycles. The summed E-state index contributed by atoms with van der Waals surface area (Å²) < 4.78 is 5.09. The summed E-state index contributed by atoms with van der Waals surface area (Å²) in [5.74, 6) is -1.97. The molecule has 12 nitrogen and oxygen atoms in total. The molecular formula is C29H43N5O7. The van der Waals surface area contributed by atoms with Crippen LogP contribution in [0.4, 0.5) is 10.5 Å². The van der Waals surface area contributed by atoms with Crippen molar-refractivity contribution in [2.24, 2.45) is 17.8 Å². The maximum atomic E-state index is 13.1. The van der Waals surface area contributed by atoms with E-state index in [2.05, 4.69) is 21.3 Å². The van der Waals surface area contributed by atoms with Crippen LogP contribution >= 0.6 is 0 Å². The fraction of sp³-hybridized carbons (Fsp3) is 0.621. The lowest BCUT2D eigenvalue weighted by molar-refractivity contribution is -0.138. The van der Waals surface area contributed by atoms with Gasteiger partial charge in [-0.25, -0.2) is 4.79 Å². The zero-order valence-corrected chi connectivity index (χ0v) is 23.9. The van der Waals surface area contributed by atoms with Crippen LogP contribution in [0.1, 0.15) is 69.2 Å². The summed E-state index contributed by atoms with van der Waals surface area (Å²) in [5.41, 5.74) is 0.497. The van der Waals surface area contributed by atoms with Crippen molar-refractivity contribution in [3.05, 3.63) is 29.8 Å². The average molecular weight is 574 g/mol.